The Morgan fingerprint density at radius 3 is 2.50 bits per heavy atom. The second kappa shape index (κ2) is 10.1. The molecule has 3 aliphatic heterocycles. The van der Waals surface area contributed by atoms with Crippen molar-refractivity contribution in [1.29, 1.82) is 0 Å². The van der Waals surface area contributed by atoms with Crippen LogP contribution in [-0.4, -0.2) is 78.4 Å². The van der Waals surface area contributed by atoms with E-state index in [2.05, 4.69) is 15.0 Å². The predicted octanol–water partition coefficient (Wildman–Crippen LogP) is 2.17. The minimum Gasteiger partial charge on any atom is -0.475 e. The van der Waals surface area contributed by atoms with Crippen LogP contribution in [0.5, 0.6) is 0 Å². The maximum Gasteiger partial charge on any atom is 0.490 e. The third kappa shape index (κ3) is 6.39. The summed E-state index contributed by atoms with van der Waals surface area (Å²) in [5, 5.41) is 11.0. The average molecular weight is 435 g/mol. The van der Waals surface area contributed by atoms with Gasteiger partial charge in [-0.25, -0.2) is 4.79 Å². The van der Waals surface area contributed by atoms with E-state index in [1.54, 1.807) is 0 Å². The lowest BCUT2D eigenvalue weighted by atomic mass is 9.81. The van der Waals surface area contributed by atoms with Crippen LogP contribution in [0.15, 0.2) is 4.52 Å². The van der Waals surface area contributed by atoms with Crippen molar-refractivity contribution in [3.05, 3.63) is 11.7 Å². The van der Waals surface area contributed by atoms with Gasteiger partial charge < -0.3 is 24.0 Å². The lowest BCUT2D eigenvalue weighted by molar-refractivity contribution is -0.192. The second-order valence-corrected chi connectivity index (χ2v) is 8.24. The largest absolute Gasteiger partial charge is 0.490 e. The molecule has 0 spiro atoms. The molecule has 4 rings (SSSR count). The van der Waals surface area contributed by atoms with E-state index in [0.717, 1.165) is 50.5 Å². The van der Waals surface area contributed by atoms with Crippen molar-refractivity contribution in [2.24, 2.45) is 23.7 Å². The lowest BCUT2D eigenvalue weighted by Crippen LogP contribution is -2.36. The minimum absolute atomic E-state index is 0.508. The highest BCUT2D eigenvalue weighted by Crippen LogP contribution is 2.36. The van der Waals surface area contributed by atoms with Gasteiger partial charge in [0.25, 0.3) is 0 Å². The third-order valence-corrected chi connectivity index (χ3v) is 5.94. The number of aliphatic carboxylic acids is 1. The highest BCUT2D eigenvalue weighted by atomic mass is 19.4. The predicted molar refractivity (Wildman–Crippen MR) is 97.7 cm³/mol. The first-order chi connectivity index (χ1) is 14.2. The van der Waals surface area contributed by atoms with E-state index in [0.29, 0.717) is 17.8 Å². The first kappa shape index (κ1) is 23.0. The van der Waals surface area contributed by atoms with E-state index >= 15 is 0 Å². The number of ether oxygens (including phenoxy) is 2. The summed E-state index contributed by atoms with van der Waals surface area (Å²) in [7, 11) is 0. The number of aryl methyl sites for hydroxylation is 1. The summed E-state index contributed by atoms with van der Waals surface area (Å²) in [5.41, 5.74) is 0. The zero-order valence-electron chi connectivity index (χ0n) is 16.9. The van der Waals surface area contributed by atoms with Crippen molar-refractivity contribution in [1.82, 2.24) is 15.0 Å². The van der Waals surface area contributed by atoms with Crippen LogP contribution in [-0.2, 0) is 20.7 Å². The van der Waals surface area contributed by atoms with Gasteiger partial charge in [-0.2, -0.15) is 18.2 Å². The third-order valence-electron chi connectivity index (χ3n) is 5.94. The maximum absolute atomic E-state index is 10.6. The van der Waals surface area contributed by atoms with Gasteiger partial charge >= 0.3 is 12.1 Å². The Morgan fingerprint density at radius 1 is 1.20 bits per heavy atom. The topological polar surface area (TPSA) is 97.9 Å². The number of alkyl halides is 3. The number of halogens is 3. The normalized spacial score (nSPS) is 27.9. The van der Waals surface area contributed by atoms with Gasteiger partial charge in [-0.05, 0) is 43.4 Å². The molecule has 1 aromatic rings. The van der Waals surface area contributed by atoms with Crippen molar-refractivity contribution < 1.29 is 37.1 Å². The molecule has 0 radical (unpaired) electrons. The Balaban J connectivity index is 0.000000318. The van der Waals surface area contributed by atoms with E-state index in [4.69, 9.17) is 23.9 Å². The Bertz CT molecular complexity index is 693. The molecule has 0 saturated carbocycles. The van der Waals surface area contributed by atoms with E-state index in [-0.39, 0.29) is 0 Å². The SMILES string of the molecule is Cc1noc(C[C@@H]2COC[C@H]3CN(CC4CCOCC4)C[C@@H]23)n1.O=C(O)C(F)(F)F. The highest BCUT2D eigenvalue weighted by Gasteiger charge is 2.42. The molecule has 1 aromatic heterocycles. The van der Waals surface area contributed by atoms with Gasteiger partial charge in [-0.15, -0.1) is 0 Å². The maximum atomic E-state index is 10.6. The summed E-state index contributed by atoms with van der Waals surface area (Å²) in [4.78, 5) is 15.9. The molecule has 8 nitrogen and oxygen atoms in total. The van der Waals surface area contributed by atoms with Crippen molar-refractivity contribution in [2.45, 2.75) is 32.4 Å². The molecule has 11 heteroatoms. The van der Waals surface area contributed by atoms with Crippen LogP contribution < -0.4 is 0 Å². The molecule has 3 saturated heterocycles. The van der Waals surface area contributed by atoms with Crippen molar-refractivity contribution in [3.63, 3.8) is 0 Å². The van der Waals surface area contributed by atoms with Crippen LogP contribution >= 0.6 is 0 Å². The average Bonchev–Trinajstić information content (AvgIpc) is 3.28. The molecule has 0 aromatic carbocycles. The number of likely N-dealkylation sites (tertiary alicyclic amines) is 1. The van der Waals surface area contributed by atoms with Crippen LogP contribution in [0.2, 0.25) is 0 Å². The number of carbonyl (C=O) groups is 1. The molecule has 3 aliphatic rings. The first-order valence-corrected chi connectivity index (χ1v) is 10.2. The Hall–Kier alpha value is -1.72. The van der Waals surface area contributed by atoms with E-state index in [1.165, 1.54) is 32.5 Å². The van der Waals surface area contributed by atoms with Gasteiger partial charge in [0.05, 0.1) is 13.2 Å². The molecular weight excluding hydrogens is 407 g/mol. The van der Waals surface area contributed by atoms with Crippen LogP contribution in [0.25, 0.3) is 0 Å². The molecule has 0 bridgehead atoms. The van der Waals surface area contributed by atoms with E-state index < -0.39 is 12.1 Å². The number of hydrogen-bond acceptors (Lipinski definition) is 7. The van der Waals surface area contributed by atoms with Crippen LogP contribution in [0.4, 0.5) is 13.2 Å². The van der Waals surface area contributed by atoms with Crippen molar-refractivity contribution >= 4 is 5.97 Å². The number of hydrogen-bond donors (Lipinski definition) is 1. The highest BCUT2D eigenvalue weighted by molar-refractivity contribution is 5.73. The molecule has 0 unspecified atom stereocenters. The second-order valence-electron chi connectivity index (χ2n) is 8.24. The molecule has 3 atom stereocenters. The molecule has 4 heterocycles. The zero-order chi connectivity index (χ0) is 21.7. The number of carboxylic acids is 1. The summed E-state index contributed by atoms with van der Waals surface area (Å²) >= 11 is 0. The summed E-state index contributed by atoms with van der Waals surface area (Å²) < 4.78 is 48.4. The first-order valence-electron chi connectivity index (χ1n) is 10.2. The molecule has 170 valence electrons. The summed E-state index contributed by atoms with van der Waals surface area (Å²) in [6, 6.07) is 0. The number of carboxylic acid groups (broad SMARTS) is 1. The zero-order valence-corrected chi connectivity index (χ0v) is 16.9. The fourth-order valence-electron chi connectivity index (χ4n) is 4.49. The molecule has 0 aliphatic carbocycles. The fourth-order valence-corrected chi connectivity index (χ4v) is 4.49. The smallest absolute Gasteiger partial charge is 0.475 e. The fraction of sp³-hybridized carbons (Fsp3) is 0.842. The van der Waals surface area contributed by atoms with Crippen LogP contribution in [0, 0.1) is 30.6 Å². The number of aromatic nitrogens is 2. The Kier molecular flexibility index (Phi) is 7.70. The van der Waals surface area contributed by atoms with E-state index in [1.807, 2.05) is 6.92 Å². The molecular formula is C19H28F3N3O5. The summed E-state index contributed by atoms with van der Waals surface area (Å²) in [6.45, 7) is 9.09. The number of rotatable bonds is 4. The van der Waals surface area contributed by atoms with Gasteiger partial charge in [0, 0.05) is 39.3 Å². The van der Waals surface area contributed by atoms with Gasteiger partial charge in [0.1, 0.15) is 0 Å². The van der Waals surface area contributed by atoms with Gasteiger partial charge in [0.2, 0.25) is 5.89 Å². The molecule has 1 N–H and O–H groups in total. The van der Waals surface area contributed by atoms with Crippen LogP contribution in [0.1, 0.15) is 24.6 Å². The number of nitrogens with zero attached hydrogens (tertiary/aromatic N) is 3. The molecule has 0 amide bonds. The van der Waals surface area contributed by atoms with Gasteiger partial charge in [-0.1, -0.05) is 5.16 Å². The molecule has 30 heavy (non-hydrogen) atoms. The quantitative estimate of drug-likeness (QED) is 0.769. The minimum atomic E-state index is -5.08. The van der Waals surface area contributed by atoms with Gasteiger partial charge in [-0.3, -0.25) is 0 Å². The van der Waals surface area contributed by atoms with Crippen molar-refractivity contribution in [3.8, 4) is 0 Å². The monoisotopic (exact) mass is 435 g/mol. The summed E-state index contributed by atoms with van der Waals surface area (Å²) in [6.07, 6.45) is -1.80. The summed E-state index contributed by atoms with van der Waals surface area (Å²) in [5.74, 6) is 1.41. The Labute approximate surface area is 172 Å². The Morgan fingerprint density at radius 2 is 1.90 bits per heavy atom. The van der Waals surface area contributed by atoms with E-state index in [9.17, 15) is 13.2 Å². The van der Waals surface area contributed by atoms with Crippen molar-refractivity contribution in [2.75, 3.05) is 46.1 Å². The van der Waals surface area contributed by atoms with Crippen LogP contribution in [0.3, 0.4) is 0 Å². The van der Waals surface area contributed by atoms with Gasteiger partial charge in [0.15, 0.2) is 5.82 Å². The number of fused-ring (bicyclic) bond motifs is 1. The molecule has 3 fully saturated rings. The lowest BCUT2D eigenvalue weighted by Gasteiger charge is -2.32. The standard InChI is InChI=1S/C17H27N3O3.C2HF3O2/c1-12-18-17(23-19-12)6-14-10-22-11-15-8-20(9-16(14)15)7-13-2-4-21-5-3-13;3-2(4,5)1(6)7/h13-16H,2-11H2,1H3;(H,6,7)/t14-,15-,16+;/m1./s1.